The number of aromatic nitrogens is 1. The number of hydrogen-bond acceptors (Lipinski definition) is 10. The number of nitrogens with zero attached hydrogens (tertiary/aromatic N) is 5. The molecule has 54 heavy (non-hydrogen) atoms. The Balaban J connectivity index is 0.934. The second-order valence-electron chi connectivity index (χ2n) is 15.4. The summed E-state index contributed by atoms with van der Waals surface area (Å²) in [6.45, 7) is 10.7. The summed E-state index contributed by atoms with van der Waals surface area (Å²) in [4.78, 5) is 73.2. The average Bonchev–Trinajstić information content (AvgIpc) is 3.37. The monoisotopic (exact) mass is 755 g/mol. The predicted molar refractivity (Wildman–Crippen MR) is 194 cm³/mol. The Bertz CT molecular complexity index is 2110. The molecule has 2 aromatic carbocycles. The molecule has 4 aliphatic rings. The summed E-state index contributed by atoms with van der Waals surface area (Å²) in [7, 11) is 0. The quantitative estimate of drug-likeness (QED) is 0.320. The van der Waals surface area contributed by atoms with Crippen LogP contribution in [0.2, 0.25) is 5.02 Å². The number of piperidine rings is 1. The van der Waals surface area contributed by atoms with Gasteiger partial charge in [-0.15, -0.1) is 0 Å². The van der Waals surface area contributed by atoms with Crippen molar-refractivity contribution in [2.75, 3.05) is 31.1 Å². The number of fused-ring (bicyclic) bond motifs is 1. The van der Waals surface area contributed by atoms with Gasteiger partial charge in [0.15, 0.2) is 0 Å². The second kappa shape index (κ2) is 13.8. The van der Waals surface area contributed by atoms with E-state index in [4.69, 9.17) is 16.3 Å². The number of nitriles is 1. The molecule has 1 atom stereocenters. The van der Waals surface area contributed by atoms with Crippen molar-refractivity contribution in [3.8, 4) is 11.8 Å². The molecule has 13 nitrogen and oxygen atoms in total. The number of piperazine rings is 1. The van der Waals surface area contributed by atoms with E-state index in [1.807, 2.05) is 38.7 Å². The van der Waals surface area contributed by atoms with Gasteiger partial charge >= 0.3 is 0 Å². The molecule has 15 heteroatoms. The standard InChI is InChI=1S/C39H39ClFN7O6/c1-38(2)36(39(3,4)37(38)54-24-7-5-21(18-42)27(40)16-24)45-32(50)22-6-9-30(43-19-22)47-13-11-46(12-14-47)20-23-15-25-26(17-28(23)41)35(53)48(34(25)52)29-8-10-31(49)44-33(29)51/h5-7,9,15-17,19,29,36-37H,8,10-14,20H2,1-4H3,(H,45,50)(H,44,49,51). The molecule has 1 unspecified atom stereocenters. The Morgan fingerprint density at radius 2 is 1.70 bits per heavy atom. The van der Waals surface area contributed by atoms with Gasteiger partial charge in [-0.1, -0.05) is 39.3 Å². The molecule has 0 spiro atoms. The summed E-state index contributed by atoms with van der Waals surface area (Å²) in [5.74, 6) is -2.23. The van der Waals surface area contributed by atoms with E-state index in [-0.39, 0.29) is 54.1 Å². The molecule has 1 saturated carbocycles. The average molecular weight is 756 g/mol. The lowest BCUT2D eigenvalue weighted by molar-refractivity contribution is -0.164. The maximum Gasteiger partial charge on any atom is 0.262 e. The highest BCUT2D eigenvalue weighted by molar-refractivity contribution is 6.31. The zero-order valence-corrected chi connectivity index (χ0v) is 31.0. The minimum absolute atomic E-state index is 0.00108. The third-order valence-corrected chi connectivity index (χ3v) is 11.4. The number of hydrogen-bond donors (Lipinski definition) is 2. The van der Waals surface area contributed by atoms with Crippen molar-refractivity contribution in [1.29, 1.82) is 5.26 Å². The number of carbonyl (C=O) groups excluding carboxylic acids is 5. The summed E-state index contributed by atoms with van der Waals surface area (Å²) in [5.41, 5.74) is 0.160. The van der Waals surface area contributed by atoms with Crippen LogP contribution >= 0.6 is 11.6 Å². The first-order valence-electron chi connectivity index (χ1n) is 17.7. The van der Waals surface area contributed by atoms with Crippen LogP contribution in [0.4, 0.5) is 10.2 Å². The Kier molecular flexibility index (Phi) is 9.43. The molecule has 3 aromatic rings. The molecule has 2 N–H and O–H groups in total. The van der Waals surface area contributed by atoms with Crippen molar-refractivity contribution in [2.24, 2.45) is 10.8 Å². The highest BCUT2D eigenvalue weighted by Crippen LogP contribution is 2.55. The number of ether oxygens (including phenoxy) is 1. The van der Waals surface area contributed by atoms with Crippen molar-refractivity contribution in [2.45, 2.75) is 65.3 Å². The van der Waals surface area contributed by atoms with E-state index in [1.54, 1.807) is 36.5 Å². The lowest BCUT2D eigenvalue weighted by Gasteiger charge is -2.63. The fourth-order valence-corrected chi connectivity index (χ4v) is 8.76. The molecule has 1 aromatic heterocycles. The molecule has 3 fully saturated rings. The van der Waals surface area contributed by atoms with Crippen LogP contribution in [-0.4, -0.2) is 88.7 Å². The van der Waals surface area contributed by atoms with Gasteiger partial charge in [0, 0.05) is 73.8 Å². The first-order chi connectivity index (χ1) is 25.6. The zero-order chi connectivity index (χ0) is 38.7. The van der Waals surface area contributed by atoms with Crippen LogP contribution in [0.5, 0.6) is 5.75 Å². The number of imide groups is 2. The summed E-state index contributed by atoms with van der Waals surface area (Å²) in [6.07, 6.45) is 1.34. The van der Waals surface area contributed by atoms with Crippen molar-refractivity contribution in [1.82, 2.24) is 25.4 Å². The number of nitrogens with one attached hydrogen (secondary N) is 2. The van der Waals surface area contributed by atoms with Gasteiger partial charge < -0.3 is 15.0 Å². The third-order valence-electron chi connectivity index (χ3n) is 11.1. The summed E-state index contributed by atoms with van der Waals surface area (Å²) in [5, 5.41) is 14.8. The maximum atomic E-state index is 15.3. The fraction of sp³-hybridized carbons (Fsp3) is 0.410. The number of pyridine rings is 1. The van der Waals surface area contributed by atoms with Crippen molar-refractivity contribution >= 4 is 47.0 Å². The number of benzene rings is 2. The number of rotatable bonds is 8. The Hall–Kier alpha value is -5.39. The first kappa shape index (κ1) is 36.9. The minimum atomic E-state index is -1.12. The van der Waals surface area contributed by atoms with Gasteiger partial charge in [0.25, 0.3) is 17.7 Å². The number of halogens is 2. The number of carbonyl (C=O) groups is 5. The lowest BCUT2D eigenvalue weighted by atomic mass is 9.49. The van der Waals surface area contributed by atoms with Crippen LogP contribution in [0.15, 0.2) is 48.7 Å². The molecule has 2 saturated heterocycles. The van der Waals surface area contributed by atoms with Gasteiger partial charge in [0.2, 0.25) is 11.8 Å². The Labute approximate surface area is 316 Å². The highest BCUT2D eigenvalue weighted by Gasteiger charge is 2.64. The highest BCUT2D eigenvalue weighted by atomic mass is 35.5. The number of amides is 5. The van der Waals surface area contributed by atoms with Gasteiger partial charge in [-0.25, -0.2) is 9.37 Å². The van der Waals surface area contributed by atoms with E-state index in [1.165, 1.54) is 6.07 Å². The Morgan fingerprint density at radius 1 is 1.02 bits per heavy atom. The topological polar surface area (TPSA) is 165 Å². The van der Waals surface area contributed by atoms with Crippen LogP contribution < -0.4 is 20.3 Å². The molecule has 5 amide bonds. The van der Waals surface area contributed by atoms with E-state index >= 15 is 4.39 Å². The zero-order valence-electron chi connectivity index (χ0n) is 30.2. The normalized spacial score (nSPS) is 23.3. The molecule has 3 aliphatic heterocycles. The van der Waals surface area contributed by atoms with Gasteiger partial charge in [-0.2, -0.15) is 5.26 Å². The third kappa shape index (κ3) is 6.45. The van der Waals surface area contributed by atoms with Crippen molar-refractivity contribution < 1.29 is 33.1 Å². The van der Waals surface area contributed by atoms with Crippen LogP contribution in [0.3, 0.4) is 0 Å². The van der Waals surface area contributed by atoms with E-state index in [2.05, 4.69) is 20.5 Å². The molecule has 4 heterocycles. The van der Waals surface area contributed by atoms with Crippen molar-refractivity contribution in [3.05, 3.63) is 87.3 Å². The van der Waals surface area contributed by atoms with Gasteiger partial charge in [-0.05, 0) is 42.8 Å². The molecule has 0 radical (unpaired) electrons. The van der Waals surface area contributed by atoms with Crippen LogP contribution in [-0.2, 0) is 16.1 Å². The largest absolute Gasteiger partial charge is 0.489 e. The summed E-state index contributed by atoms with van der Waals surface area (Å²) in [6, 6.07) is 11.7. The fourth-order valence-electron chi connectivity index (χ4n) is 8.55. The lowest BCUT2D eigenvalue weighted by Crippen LogP contribution is -2.74. The van der Waals surface area contributed by atoms with Gasteiger partial charge in [0.1, 0.15) is 35.6 Å². The van der Waals surface area contributed by atoms with Crippen LogP contribution in [0, 0.1) is 28.0 Å². The molecule has 1 aliphatic carbocycles. The molecule has 0 bridgehead atoms. The van der Waals surface area contributed by atoms with Crippen molar-refractivity contribution in [3.63, 3.8) is 0 Å². The molecule has 7 rings (SSSR count). The van der Waals surface area contributed by atoms with E-state index < -0.39 is 46.3 Å². The maximum absolute atomic E-state index is 15.3. The first-order valence-corrected chi connectivity index (χ1v) is 18.1. The number of anilines is 1. The van der Waals surface area contributed by atoms with E-state index in [0.717, 1.165) is 11.0 Å². The summed E-state index contributed by atoms with van der Waals surface area (Å²) >= 11 is 6.22. The van der Waals surface area contributed by atoms with E-state index in [9.17, 15) is 29.2 Å². The van der Waals surface area contributed by atoms with Crippen LogP contribution in [0.25, 0.3) is 0 Å². The minimum Gasteiger partial charge on any atom is -0.489 e. The van der Waals surface area contributed by atoms with Gasteiger partial charge in [-0.3, -0.25) is 39.1 Å². The molecule has 280 valence electrons. The predicted octanol–water partition coefficient (Wildman–Crippen LogP) is 4.08. The van der Waals surface area contributed by atoms with Crippen LogP contribution in [0.1, 0.15) is 82.7 Å². The van der Waals surface area contributed by atoms with Gasteiger partial charge in [0.05, 0.1) is 27.3 Å². The van der Waals surface area contributed by atoms with E-state index in [0.29, 0.717) is 53.9 Å². The molecular weight excluding hydrogens is 717 g/mol. The SMILES string of the molecule is CC1(C)C(NC(=O)c2ccc(N3CCN(Cc4cc5c(cc4F)C(=O)N(C4CCC(=O)NC4=O)C5=O)CC3)nc2)C(C)(C)C1Oc1ccc(C#N)c(Cl)c1. The summed E-state index contributed by atoms with van der Waals surface area (Å²) < 4.78 is 21.6. The smallest absolute Gasteiger partial charge is 0.262 e. The second-order valence-corrected chi connectivity index (χ2v) is 15.8. The molecular formula is C39H39ClFN7O6. The Morgan fingerprint density at radius 3 is 2.31 bits per heavy atom.